The third-order valence-corrected chi connectivity index (χ3v) is 8.47. The summed E-state index contributed by atoms with van der Waals surface area (Å²) in [5.74, 6) is 1.01. The maximum Gasteiger partial charge on any atom is 0.240 e. The number of pyridine rings is 1. The van der Waals surface area contributed by atoms with E-state index in [1.165, 1.54) is 0 Å². The molecule has 2 saturated heterocycles. The largest absolute Gasteiger partial charge is 0.365 e. The molecule has 3 aromatic rings. The van der Waals surface area contributed by atoms with Crippen LogP contribution in [0.1, 0.15) is 29.0 Å². The molecule has 2 aliphatic heterocycles. The number of amides is 1. The fraction of sp³-hybridized carbons (Fsp3) is 0.379. The molecule has 188 valence electrons. The molecule has 2 atom stereocenters. The Labute approximate surface area is 218 Å². The Morgan fingerprint density at radius 1 is 1.00 bits per heavy atom. The molecule has 2 fully saturated rings. The normalized spacial score (nSPS) is 21.0. The van der Waals surface area contributed by atoms with Crippen LogP contribution < -0.4 is 5.32 Å². The van der Waals surface area contributed by atoms with Gasteiger partial charge in [0.25, 0.3) is 0 Å². The number of carbonyl (C=O) groups is 1. The van der Waals surface area contributed by atoms with E-state index in [-0.39, 0.29) is 17.3 Å². The fourth-order valence-corrected chi connectivity index (χ4v) is 6.19. The molecule has 0 spiro atoms. The van der Waals surface area contributed by atoms with Gasteiger partial charge < -0.3 is 9.64 Å². The van der Waals surface area contributed by atoms with Gasteiger partial charge in [-0.1, -0.05) is 66.7 Å². The van der Waals surface area contributed by atoms with Crippen molar-refractivity contribution in [3.8, 4) is 0 Å². The Balaban J connectivity index is 1.11. The lowest BCUT2D eigenvalue weighted by molar-refractivity contribution is -0.134. The highest BCUT2D eigenvalue weighted by Crippen LogP contribution is 2.34. The highest BCUT2D eigenvalue weighted by Gasteiger charge is 2.35. The van der Waals surface area contributed by atoms with Gasteiger partial charge in [0, 0.05) is 50.9 Å². The van der Waals surface area contributed by atoms with Crippen molar-refractivity contribution in [1.82, 2.24) is 20.1 Å². The Kier molecular flexibility index (Phi) is 8.02. The third-order valence-electron chi connectivity index (χ3n) is 7.20. The predicted octanol–water partition coefficient (Wildman–Crippen LogP) is 3.91. The van der Waals surface area contributed by atoms with E-state index in [9.17, 15) is 4.79 Å². The van der Waals surface area contributed by atoms with E-state index in [1.807, 2.05) is 29.3 Å². The molecule has 0 aliphatic carbocycles. The second-order valence-corrected chi connectivity index (χ2v) is 10.6. The van der Waals surface area contributed by atoms with Gasteiger partial charge in [0.1, 0.15) is 5.60 Å². The fourth-order valence-electron chi connectivity index (χ4n) is 4.97. The first-order valence-electron chi connectivity index (χ1n) is 12.7. The van der Waals surface area contributed by atoms with Crippen LogP contribution in [-0.4, -0.2) is 71.8 Å². The zero-order valence-electron chi connectivity index (χ0n) is 20.8. The number of benzene rings is 2. The van der Waals surface area contributed by atoms with Crippen molar-refractivity contribution in [2.45, 2.75) is 23.9 Å². The first-order chi connectivity index (χ1) is 17.6. The molecule has 36 heavy (non-hydrogen) atoms. The van der Waals surface area contributed by atoms with Gasteiger partial charge in [0.2, 0.25) is 5.91 Å². The van der Waals surface area contributed by atoms with Crippen LogP contribution in [0.25, 0.3) is 0 Å². The van der Waals surface area contributed by atoms with Crippen LogP contribution in [0.3, 0.4) is 0 Å². The minimum atomic E-state index is -0.503. The number of hydrogen-bond acceptors (Lipinski definition) is 6. The lowest BCUT2D eigenvalue weighted by Crippen LogP contribution is -2.54. The summed E-state index contributed by atoms with van der Waals surface area (Å²) in [5, 5.41) is 3.63. The summed E-state index contributed by atoms with van der Waals surface area (Å²) in [6.07, 6.45) is 3.65. The summed E-state index contributed by atoms with van der Waals surface area (Å²) in [4.78, 5) is 21.8. The number of thioether (sulfide) groups is 1. The third kappa shape index (κ3) is 5.65. The quantitative estimate of drug-likeness (QED) is 0.504. The van der Waals surface area contributed by atoms with Gasteiger partial charge in [0.05, 0.1) is 18.0 Å². The Bertz CT molecular complexity index is 1070. The van der Waals surface area contributed by atoms with Crippen molar-refractivity contribution < 1.29 is 9.53 Å². The molecule has 0 bridgehead atoms. The summed E-state index contributed by atoms with van der Waals surface area (Å²) in [7, 11) is 0. The lowest BCUT2D eigenvalue weighted by Gasteiger charge is -2.37. The average Bonchev–Trinajstić information content (AvgIpc) is 3.45. The zero-order chi connectivity index (χ0) is 24.8. The number of nitrogens with zero attached hydrogens (tertiary/aromatic N) is 3. The lowest BCUT2D eigenvalue weighted by atomic mass is 9.88. The average molecular weight is 503 g/mol. The van der Waals surface area contributed by atoms with Gasteiger partial charge in [-0.2, -0.15) is 0 Å². The Hall–Kier alpha value is -2.71. The molecule has 5 rings (SSSR count). The van der Waals surface area contributed by atoms with Crippen LogP contribution in [0.2, 0.25) is 0 Å². The highest BCUT2D eigenvalue weighted by molar-refractivity contribution is 7.99. The summed E-state index contributed by atoms with van der Waals surface area (Å²) < 4.78 is 6.57. The molecule has 2 aliphatic rings. The molecule has 0 radical (unpaired) electrons. The van der Waals surface area contributed by atoms with E-state index in [2.05, 4.69) is 76.7 Å². The van der Waals surface area contributed by atoms with Crippen molar-refractivity contribution in [3.05, 3.63) is 102 Å². The van der Waals surface area contributed by atoms with Gasteiger partial charge in [-0.3, -0.25) is 20.0 Å². The molecule has 6 nitrogen and oxygen atoms in total. The smallest absolute Gasteiger partial charge is 0.240 e. The van der Waals surface area contributed by atoms with Crippen molar-refractivity contribution >= 4 is 17.7 Å². The van der Waals surface area contributed by atoms with Crippen LogP contribution in [0.5, 0.6) is 0 Å². The number of carbonyl (C=O) groups excluding carboxylic acids is 1. The predicted molar refractivity (Wildman–Crippen MR) is 145 cm³/mol. The van der Waals surface area contributed by atoms with Crippen molar-refractivity contribution in [2.75, 3.05) is 45.1 Å². The van der Waals surface area contributed by atoms with Gasteiger partial charge in [0.15, 0.2) is 0 Å². The van der Waals surface area contributed by atoms with E-state index in [4.69, 9.17) is 4.74 Å². The molecule has 1 aromatic heterocycles. The summed E-state index contributed by atoms with van der Waals surface area (Å²) >= 11 is 1.78. The number of rotatable bonds is 8. The number of aromatic nitrogens is 1. The van der Waals surface area contributed by atoms with Gasteiger partial charge in [-0.05, 0) is 29.7 Å². The molecule has 1 N–H and O–H groups in total. The standard InChI is InChI=1S/C29H34N4O2S/c1-29(24-10-4-2-5-11-24,25-12-6-3-7-13-25)35-20-19-32-15-17-33(18-16-32)28(34)26-22-36-27(31-26)23-9-8-14-30-21-23/h2-14,21,26-27,31H,15-20,22H2,1H3. The molecule has 7 heteroatoms. The van der Waals surface area contributed by atoms with E-state index < -0.39 is 5.60 Å². The van der Waals surface area contributed by atoms with Gasteiger partial charge in [-0.25, -0.2) is 0 Å². The molecule has 2 unspecified atom stereocenters. The van der Waals surface area contributed by atoms with Crippen LogP contribution in [-0.2, 0) is 15.1 Å². The summed E-state index contributed by atoms with van der Waals surface area (Å²) in [5.41, 5.74) is 2.92. The van der Waals surface area contributed by atoms with E-state index in [0.717, 1.165) is 55.2 Å². The Morgan fingerprint density at radius 2 is 1.67 bits per heavy atom. The topological polar surface area (TPSA) is 57.7 Å². The minimum Gasteiger partial charge on any atom is -0.365 e. The highest BCUT2D eigenvalue weighted by atomic mass is 32.2. The summed E-state index contributed by atoms with van der Waals surface area (Å²) in [6.45, 7) is 6.88. The van der Waals surface area contributed by atoms with Crippen LogP contribution in [0.15, 0.2) is 85.2 Å². The second kappa shape index (κ2) is 11.6. The van der Waals surface area contributed by atoms with E-state index in [0.29, 0.717) is 6.61 Å². The van der Waals surface area contributed by atoms with E-state index >= 15 is 0 Å². The second-order valence-electron chi connectivity index (χ2n) is 9.50. The molecule has 1 amide bonds. The SMILES string of the molecule is CC(OCCN1CCN(C(=O)C2CSC(c3cccnc3)N2)CC1)(c1ccccc1)c1ccccc1. The maximum absolute atomic E-state index is 13.1. The van der Waals surface area contributed by atoms with Crippen LogP contribution in [0, 0.1) is 0 Å². The zero-order valence-corrected chi connectivity index (χ0v) is 21.6. The Morgan fingerprint density at radius 3 is 2.28 bits per heavy atom. The van der Waals surface area contributed by atoms with Crippen molar-refractivity contribution in [2.24, 2.45) is 0 Å². The van der Waals surface area contributed by atoms with Crippen LogP contribution >= 0.6 is 11.8 Å². The number of piperazine rings is 1. The first kappa shape index (κ1) is 25.0. The molecule has 3 heterocycles. The molecule has 0 saturated carbocycles. The monoisotopic (exact) mass is 502 g/mol. The van der Waals surface area contributed by atoms with Crippen LogP contribution in [0.4, 0.5) is 0 Å². The maximum atomic E-state index is 13.1. The van der Waals surface area contributed by atoms with Crippen molar-refractivity contribution in [1.29, 1.82) is 0 Å². The first-order valence-corrected chi connectivity index (χ1v) is 13.7. The van der Waals surface area contributed by atoms with Gasteiger partial charge >= 0.3 is 0 Å². The summed E-state index contributed by atoms with van der Waals surface area (Å²) in [6, 6.07) is 24.7. The number of ether oxygens (including phenoxy) is 1. The number of hydrogen-bond donors (Lipinski definition) is 1. The molecular weight excluding hydrogens is 468 g/mol. The van der Waals surface area contributed by atoms with Crippen molar-refractivity contribution in [3.63, 3.8) is 0 Å². The molecule has 2 aromatic carbocycles. The minimum absolute atomic E-state index is 0.132. The molecular formula is C29H34N4O2S. The van der Waals surface area contributed by atoms with E-state index in [1.54, 1.807) is 18.0 Å². The number of nitrogens with one attached hydrogen (secondary N) is 1. The van der Waals surface area contributed by atoms with Gasteiger partial charge in [-0.15, -0.1) is 11.8 Å².